The van der Waals surface area contributed by atoms with Crippen LogP contribution in [-0.2, 0) is 78.6 Å². The van der Waals surface area contributed by atoms with Crippen LogP contribution >= 0.6 is 0 Å². The van der Waals surface area contributed by atoms with Gasteiger partial charge in [0.1, 0.15) is 30.5 Å². The second-order valence-electron chi connectivity index (χ2n) is 13.4. The van der Waals surface area contributed by atoms with Crippen molar-refractivity contribution in [3.05, 3.63) is 144 Å². The second kappa shape index (κ2) is 20.4. The molecule has 12 nitrogen and oxygen atoms in total. The lowest BCUT2D eigenvalue weighted by molar-refractivity contribution is -0.336. The molecule has 0 bridgehead atoms. The van der Waals surface area contributed by atoms with Crippen molar-refractivity contribution < 1.29 is 57.3 Å². The summed E-state index contributed by atoms with van der Waals surface area (Å²) in [5.74, 6) is -1.21. The summed E-state index contributed by atoms with van der Waals surface area (Å²) in [6, 6.07) is 38.3. The van der Waals surface area contributed by atoms with Crippen LogP contribution in [0.25, 0.3) is 0 Å². The van der Waals surface area contributed by atoms with E-state index in [1.54, 1.807) is 0 Å². The van der Waals surface area contributed by atoms with Crippen LogP contribution < -0.4 is 0 Å². The highest BCUT2D eigenvalue weighted by Gasteiger charge is 2.54. The van der Waals surface area contributed by atoms with Gasteiger partial charge in [-0.05, 0) is 22.3 Å². The first-order chi connectivity index (χ1) is 26.8. The van der Waals surface area contributed by atoms with Gasteiger partial charge in [0.15, 0.2) is 24.8 Å². The minimum atomic E-state index is -1.53. The molecule has 2 heterocycles. The largest absolute Gasteiger partial charge is 0.457 e. The molecule has 1 N–H and O–H groups in total. The number of aliphatic hydroxyl groups is 1. The van der Waals surface area contributed by atoms with Crippen molar-refractivity contribution in [3.63, 3.8) is 0 Å². The highest BCUT2D eigenvalue weighted by Crippen LogP contribution is 2.35. The van der Waals surface area contributed by atoms with Gasteiger partial charge in [0.25, 0.3) is 0 Å². The Labute approximate surface area is 321 Å². The van der Waals surface area contributed by atoms with Crippen LogP contribution in [0.3, 0.4) is 0 Å². The number of carbonyl (C=O) groups excluding carboxylic acids is 2. The predicted octanol–water partition coefficient (Wildman–Crippen LogP) is 5.28. The predicted molar refractivity (Wildman–Crippen MR) is 198 cm³/mol. The normalized spacial score (nSPS) is 26.3. The fraction of sp³-hybridized carbons (Fsp3) is 0.395. The van der Waals surface area contributed by atoms with Crippen molar-refractivity contribution in [2.24, 2.45) is 0 Å². The lowest BCUT2D eigenvalue weighted by Crippen LogP contribution is -2.63. The maximum Gasteiger partial charge on any atom is 0.303 e. The van der Waals surface area contributed by atoms with Gasteiger partial charge in [0, 0.05) is 13.8 Å². The number of carbonyl (C=O) groups is 2. The van der Waals surface area contributed by atoms with Gasteiger partial charge in [-0.2, -0.15) is 0 Å². The van der Waals surface area contributed by atoms with E-state index >= 15 is 0 Å². The van der Waals surface area contributed by atoms with Gasteiger partial charge in [-0.1, -0.05) is 121 Å². The van der Waals surface area contributed by atoms with Crippen LogP contribution in [-0.4, -0.2) is 85.6 Å². The molecule has 0 saturated carbocycles. The van der Waals surface area contributed by atoms with Gasteiger partial charge in [0.2, 0.25) is 0 Å². The zero-order valence-corrected chi connectivity index (χ0v) is 30.9. The molecule has 6 rings (SSSR count). The molecule has 1 unspecified atom stereocenters. The van der Waals surface area contributed by atoms with Gasteiger partial charge in [-0.25, -0.2) is 0 Å². The molecule has 2 aliphatic heterocycles. The molecule has 0 aliphatic carbocycles. The Morgan fingerprint density at radius 1 is 0.509 bits per heavy atom. The Balaban J connectivity index is 1.31. The zero-order valence-electron chi connectivity index (χ0n) is 30.9. The van der Waals surface area contributed by atoms with E-state index in [0.717, 1.165) is 22.3 Å². The molecular weight excluding hydrogens is 708 g/mol. The molecule has 2 aliphatic rings. The van der Waals surface area contributed by atoms with Crippen LogP contribution in [0.4, 0.5) is 0 Å². The van der Waals surface area contributed by atoms with E-state index in [1.165, 1.54) is 13.8 Å². The molecular formula is C43H48O12. The SMILES string of the molecule is CC(=O)O[C@@H]1[C@@H](OCc2ccccc2)[C@@H](O[C@@H]2[C@@H](COCc3ccccc3)OC(O)[C@@H]2OC(C)=O)O[C@H](COCc2ccccc2)[C@H]1OCc1ccccc1. The van der Waals surface area contributed by atoms with Gasteiger partial charge < -0.3 is 47.7 Å². The standard InChI is InChI=1S/C43H48O12/c1-29(44)51-39-37(49-25-33-19-11-5-12-20-33)35(27-47-23-31-15-7-3-8-16-31)54-43(41(39)50-26-34-21-13-6-14-22-34)55-38-36(53-42(46)40(38)52-30(2)45)28-48-24-32-17-9-4-10-18-32/h3-22,35-43,46H,23-28H2,1-2H3/t35-,36-,37-,38-,39+,40-,41-,42?,43-/m1/s1. The Hall–Kier alpha value is -4.50. The van der Waals surface area contributed by atoms with E-state index in [0.29, 0.717) is 0 Å². The monoisotopic (exact) mass is 756 g/mol. The molecule has 9 atom stereocenters. The summed E-state index contributed by atoms with van der Waals surface area (Å²) < 4.78 is 56.1. The minimum absolute atomic E-state index is 0.0174. The molecule has 0 spiro atoms. The van der Waals surface area contributed by atoms with Crippen molar-refractivity contribution in [2.45, 2.75) is 95.6 Å². The van der Waals surface area contributed by atoms with Crippen LogP contribution in [0.15, 0.2) is 121 Å². The third-order valence-corrected chi connectivity index (χ3v) is 9.13. The van der Waals surface area contributed by atoms with Crippen molar-refractivity contribution in [1.29, 1.82) is 0 Å². The highest BCUT2D eigenvalue weighted by atomic mass is 16.8. The van der Waals surface area contributed by atoms with Crippen LogP contribution in [0.5, 0.6) is 0 Å². The van der Waals surface area contributed by atoms with Crippen molar-refractivity contribution in [1.82, 2.24) is 0 Å². The Morgan fingerprint density at radius 2 is 0.909 bits per heavy atom. The lowest BCUT2D eigenvalue weighted by atomic mass is 9.97. The van der Waals surface area contributed by atoms with Gasteiger partial charge in [0.05, 0.1) is 39.6 Å². The Morgan fingerprint density at radius 3 is 1.36 bits per heavy atom. The summed E-state index contributed by atoms with van der Waals surface area (Å²) in [7, 11) is 0. The van der Waals surface area contributed by atoms with Crippen LogP contribution in [0.1, 0.15) is 36.1 Å². The Kier molecular flexibility index (Phi) is 14.9. The summed E-state index contributed by atoms with van der Waals surface area (Å²) in [5.41, 5.74) is 3.63. The fourth-order valence-electron chi connectivity index (χ4n) is 6.57. The molecule has 292 valence electrons. The number of rotatable bonds is 18. The number of aliphatic hydroxyl groups excluding tert-OH is 1. The molecule has 55 heavy (non-hydrogen) atoms. The number of hydrogen-bond acceptors (Lipinski definition) is 12. The van der Waals surface area contributed by atoms with E-state index in [-0.39, 0.29) is 39.6 Å². The maximum atomic E-state index is 12.8. The van der Waals surface area contributed by atoms with Crippen LogP contribution in [0, 0.1) is 0 Å². The molecule has 2 saturated heterocycles. The van der Waals surface area contributed by atoms with Gasteiger partial charge in [-0.3, -0.25) is 9.59 Å². The molecule has 4 aromatic rings. The summed E-state index contributed by atoms with van der Waals surface area (Å²) in [4.78, 5) is 25.1. The molecule has 0 amide bonds. The first-order valence-electron chi connectivity index (χ1n) is 18.4. The van der Waals surface area contributed by atoms with Crippen molar-refractivity contribution in [2.75, 3.05) is 13.2 Å². The average Bonchev–Trinajstić information content (AvgIpc) is 3.47. The first kappa shape index (κ1) is 40.2. The summed E-state index contributed by atoms with van der Waals surface area (Å²) in [5, 5.41) is 11.0. The van der Waals surface area contributed by atoms with Gasteiger partial charge >= 0.3 is 11.9 Å². The lowest BCUT2D eigenvalue weighted by Gasteiger charge is -2.46. The van der Waals surface area contributed by atoms with Crippen LogP contribution in [0.2, 0.25) is 0 Å². The number of ether oxygens (including phenoxy) is 9. The third-order valence-electron chi connectivity index (χ3n) is 9.13. The number of hydrogen-bond donors (Lipinski definition) is 1. The highest BCUT2D eigenvalue weighted by molar-refractivity contribution is 5.66. The number of esters is 2. The van der Waals surface area contributed by atoms with Crippen molar-refractivity contribution in [3.8, 4) is 0 Å². The van der Waals surface area contributed by atoms with E-state index in [2.05, 4.69) is 0 Å². The summed E-state index contributed by atoms with van der Waals surface area (Å²) in [6.45, 7) is 3.38. The zero-order chi connectivity index (χ0) is 38.4. The van der Waals surface area contributed by atoms with E-state index in [1.807, 2.05) is 121 Å². The molecule has 0 radical (unpaired) electrons. The smallest absolute Gasteiger partial charge is 0.303 e. The topological polar surface area (TPSA) is 137 Å². The van der Waals surface area contributed by atoms with E-state index < -0.39 is 67.2 Å². The molecule has 4 aromatic carbocycles. The summed E-state index contributed by atoms with van der Waals surface area (Å²) in [6.07, 6.45) is -9.86. The van der Waals surface area contributed by atoms with E-state index in [9.17, 15) is 14.7 Å². The van der Waals surface area contributed by atoms with Crippen molar-refractivity contribution >= 4 is 11.9 Å². The van der Waals surface area contributed by atoms with Gasteiger partial charge in [-0.15, -0.1) is 0 Å². The maximum absolute atomic E-state index is 12.8. The second-order valence-corrected chi connectivity index (χ2v) is 13.4. The Bertz CT molecular complexity index is 1730. The minimum Gasteiger partial charge on any atom is -0.457 e. The molecule has 12 heteroatoms. The molecule has 0 aromatic heterocycles. The molecule has 2 fully saturated rings. The van der Waals surface area contributed by atoms with E-state index in [4.69, 9.17) is 42.6 Å². The summed E-state index contributed by atoms with van der Waals surface area (Å²) >= 11 is 0. The number of benzene rings is 4. The third kappa shape index (κ3) is 11.7. The quantitative estimate of drug-likeness (QED) is 0.132. The fourth-order valence-corrected chi connectivity index (χ4v) is 6.57. The first-order valence-corrected chi connectivity index (χ1v) is 18.4. The average molecular weight is 757 g/mol.